The number of nitrogens with one attached hydrogen (secondary N) is 1. The van der Waals surface area contributed by atoms with Crippen molar-refractivity contribution in [3.8, 4) is 17.2 Å². The predicted octanol–water partition coefficient (Wildman–Crippen LogP) is 3.67. The van der Waals surface area contributed by atoms with Crippen LogP contribution in [-0.4, -0.2) is 29.9 Å². The van der Waals surface area contributed by atoms with E-state index in [4.69, 9.17) is 9.47 Å². The Bertz CT molecular complexity index is 992. The first-order chi connectivity index (χ1) is 13.1. The van der Waals surface area contributed by atoms with Gasteiger partial charge in [-0.25, -0.2) is 4.68 Å². The Kier molecular flexibility index (Phi) is 4.32. The second-order valence-corrected chi connectivity index (χ2v) is 6.58. The van der Waals surface area contributed by atoms with Gasteiger partial charge in [0.1, 0.15) is 5.82 Å². The van der Waals surface area contributed by atoms with Gasteiger partial charge in [-0.2, -0.15) is 5.10 Å². The van der Waals surface area contributed by atoms with Crippen LogP contribution in [0, 0.1) is 6.92 Å². The first-order valence-electron chi connectivity index (χ1n) is 8.78. The second-order valence-electron chi connectivity index (χ2n) is 6.58. The molecule has 0 fully saturated rings. The number of anilines is 1. The lowest BCUT2D eigenvalue weighted by molar-refractivity contribution is -0.116. The maximum absolute atomic E-state index is 12.5. The highest BCUT2D eigenvalue weighted by Crippen LogP contribution is 2.44. The van der Waals surface area contributed by atoms with Gasteiger partial charge in [0.05, 0.1) is 26.1 Å². The van der Waals surface area contributed by atoms with Gasteiger partial charge in [0, 0.05) is 23.5 Å². The van der Waals surface area contributed by atoms with E-state index in [0.717, 1.165) is 16.8 Å². The summed E-state index contributed by atoms with van der Waals surface area (Å²) in [5.41, 5.74) is 3.95. The van der Waals surface area contributed by atoms with Gasteiger partial charge in [-0.3, -0.25) is 4.79 Å². The van der Waals surface area contributed by atoms with E-state index in [-0.39, 0.29) is 11.8 Å². The van der Waals surface area contributed by atoms with Crippen molar-refractivity contribution in [2.45, 2.75) is 19.3 Å². The minimum absolute atomic E-state index is 0.0498. The molecule has 4 rings (SSSR count). The van der Waals surface area contributed by atoms with Gasteiger partial charge in [-0.05, 0) is 25.1 Å². The lowest BCUT2D eigenvalue weighted by Crippen LogP contribution is -2.24. The number of aromatic nitrogens is 2. The number of rotatable bonds is 4. The summed E-state index contributed by atoms with van der Waals surface area (Å²) in [6, 6.07) is 13.8. The molecule has 0 saturated heterocycles. The van der Waals surface area contributed by atoms with Gasteiger partial charge in [0.2, 0.25) is 5.91 Å². The van der Waals surface area contributed by atoms with Crippen LogP contribution in [0.15, 0.2) is 48.7 Å². The number of carbonyl (C=O) groups excluding carboxylic acids is 1. The summed E-state index contributed by atoms with van der Waals surface area (Å²) in [5.74, 6) is 1.79. The Morgan fingerprint density at radius 1 is 1.07 bits per heavy atom. The zero-order valence-corrected chi connectivity index (χ0v) is 15.5. The first kappa shape index (κ1) is 17.1. The van der Waals surface area contributed by atoms with Crippen LogP contribution in [0.3, 0.4) is 0 Å². The molecule has 0 saturated carbocycles. The number of hydrogen-bond acceptors (Lipinski definition) is 4. The van der Waals surface area contributed by atoms with Crippen LogP contribution in [0.5, 0.6) is 11.5 Å². The summed E-state index contributed by atoms with van der Waals surface area (Å²) in [6.07, 6.45) is 2.15. The fourth-order valence-corrected chi connectivity index (χ4v) is 3.57. The average molecular weight is 363 g/mol. The van der Waals surface area contributed by atoms with Crippen molar-refractivity contribution in [1.82, 2.24) is 9.78 Å². The number of methoxy groups -OCH3 is 2. The largest absolute Gasteiger partial charge is 0.493 e. The number of ether oxygens (including phenoxy) is 2. The summed E-state index contributed by atoms with van der Waals surface area (Å²) in [5, 5.41) is 7.51. The van der Waals surface area contributed by atoms with Crippen LogP contribution in [0.25, 0.3) is 5.69 Å². The lowest BCUT2D eigenvalue weighted by atomic mass is 9.86. The summed E-state index contributed by atoms with van der Waals surface area (Å²) in [6.45, 7) is 2.04. The van der Waals surface area contributed by atoms with Crippen molar-refractivity contribution in [1.29, 1.82) is 0 Å². The number of nitrogens with zero attached hydrogens (tertiary/aromatic N) is 2. The lowest BCUT2D eigenvalue weighted by Gasteiger charge is -2.25. The number of para-hydroxylation sites is 1. The summed E-state index contributed by atoms with van der Waals surface area (Å²) in [7, 11) is 3.22. The maximum Gasteiger partial charge on any atom is 0.226 e. The molecule has 2 heterocycles. The highest BCUT2D eigenvalue weighted by atomic mass is 16.5. The number of hydrogen-bond donors (Lipinski definition) is 1. The highest BCUT2D eigenvalue weighted by molar-refractivity contribution is 5.94. The monoisotopic (exact) mass is 363 g/mol. The van der Waals surface area contributed by atoms with Crippen molar-refractivity contribution in [3.05, 3.63) is 65.4 Å². The molecule has 1 N–H and O–H groups in total. The highest BCUT2D eigenvalue weighted by Gasteiger charge is 2.32. The fourth-order valence-electron chi connectivity index (χ4n) is 3.57. The van der Waals surface area contributed by atoms with Crippen molar-refractivity contribution in [2.75, 3.05) is 19.5 Å². The van der Waals surface area contributed by atoms with E-state index in [1.165, 1.54) is 5.56 Å². The molecule has 0 aliphatic carbocycles. The average Bonchev–Trinajstić information content (AvgIpc) is 3.11. The number of aryl methyl sites for hydroxylation is 1. The molecule has 0 unspecified atom stereocenters. The predicted molar refractivity (Wildman–Crippen MR) is 103 cm³/mol. The van der Waals surface area contributed by atoms with Crippen molar-refractivity contribution in [2.24, 2.45) is 0 Å². The summed E-state index contributed by atoms with van der Waals surface area (Å²) < 4.78 is 12.8. The van der Waals surface area contributed by atoms with E-state index < -0.39 is 0 Å². The summed E-state index contributed by atoms with van der Waals surface area (Å²) in [4.78, 5) is 12.5. The topological polar surface area (TPSA) is 65.4 Å². The van der Waals surface area contributed by atoms with Gasteiger partial charge >= 0.3 is 0 Å². The Morgan fingerprint density at radius 2 is 1.85 bits per heavy atom. The molecular formula is C21H21N3O3. The van der Waals surface area contributed by atoms with E-state index in [1.54, 1.807) is 18.9 Å². The third-order valence-corrected chi connectivity index (χ3v) is 4.91. The molecule has 0 radical (unpaired) electrons. The molecule has 0 spiro atoms. The van der Waals surface area contributed by atoms with Gasteiger partial charge < -0.3 is 14.8 Å². The fraction of sp³-hybridized carbons (Fsp3) is 0.238. The van der Waals surface area contributed by atoms with Crippen LogP contribution >= 0.6 is 0 Å². The van der Waals surface area contributed by atoms with Gasteiger partial charge in [0.15, 0.2) is 11.5 Å². The van der Waals surface area contributed by atoms with Crippen LogP contribution < -0.4 is 14.8 Å². The molecule has 138 valence electrons. The Morgan fingerprint density at radius 3 is 2.56 bits per heavy atom. The zero-order chi connectivity index (χ0) is 19.0. The minimum Gasteiger partial charge on any atom is -0.493 e. The van der Waals surface area contributed by atoms with Crippen LogP contribution in [0.2, 0.25) is 0 Å². The molecular weight excluding hydrogens is 342 g/mol. The molecule has 1 aliphatic rings. The van der Waals surface area contributed by atoms with Crippen molar-refractivity contribution < 1.29 is 14.3 Å². The van der Waals surface area contributed by atoms with E-state index in [1.807, 2.05) is 55.6 Å². The number of fused-ring (bicyclic) bond motifs is 1. The van der Waals surface area contributed by atoms with Crippen LogP contribution in [0.4, 0.5) is 5.82 Å². The number of benzene rings is 2. The SMILES string of the molecule is COc1cccc([C@H]2CC(=O)Nc3c2cnn3-c2ccc(C)cc2)c1OC. The van der Waals surface area contributed by atoms with Gasteiger partial charge in [-0.15, -0.1) is 0 Å². The molecule has 1 aromatic heterocycles. The summed E-state index contributed by atoms with van der Waals surface area (Å²) >= 11 is 0. The number of amides is 1. The third-order valence-electron chi connectivity index (χ3n) is 4.91. The molecule has 1 aliphatic heterocycles. The molecule has 27 heavy (non-hydrogen) atoms. The quantitative estimate of drug-likeness (QED) is 0.768. The Balaban J connectivity index is 1.84. The van der Waals surface area contributed by atoms with E-state index in [0.29, 0.717) is 23.7 Å². The molecule has 1 amide bonds. The molecule has 1 atom stereocenters. The smallest absolute Gasteiger partial charge is 0.226 e. The van der Waals surface area contributed by atoms with Gasteiger partial charge in [0.25, 0.3) is 0 Å². The zero-order valence-electron chi connectivity index (χ0n) is 15.5. The van der Waals surface area contributed by atoms with Crippen LogP contribution in [-0.2, 0) is 4.79 Å². The minimum atomic E-state index is -0.155. The molecule has 2 aromatic carbocycles. The van der Waals surface area contributed by atoms with Crippen molar-refractivity contribution in [3.63, 3.8) is 0 Å². The molecule has 6 nitrogen and oxygen atoms in total. The third kappa shape index (κ3) is 2.93. The van der Waals surface area contributed by atoms with E-state index in [2.05, 4.69) is 10.4 Å². The maximum atomic E-state index is 12.5. The molecule has 3 aromatic rings. The number of carbonyl (C=O) groups is 1. The second kappa shape index (κ2) is 6.79. The Hall–Kier alpha value is -3.28. The van der Waals surface area contributed by atoms with Crippen molar-refractivity contribution >= 4 is 11.7 Å². The standard InChI is InChI=1S/C21H21N3O3/c1-13-7-9-14(10-8-13)24-21-17(12-22-24)16(11-19(25)23-21)15-5-4-6-18(26-2)20(15)27-3/h4-10,12,16H,11H2,1-3H3,(H,23,25)/t16-/m1/s1. The Labute approximate surface area is 157 Å². The van der Waals surface area contributed by atoms with E-state index >= 15 is 0 Å². The first-order valence-corrected chi connectivity index (χ1v) is 8.78. The van der Waals surface area contributed by atoms with E-state index in [9.17, 15) is 4.79 Å². The van der Waals surface area contributed by atoms with Crippen LogP contribution in [0.1, 0.15) is 29.0 Å². The normalized spacial score (nSPS) is 15.8. The molecule has 6 heteroatoms. The van der Waals surface area contributed by atoms with Gasteiger partial charge in [-0.1, -0.05) is 29.8 Å². The molecule has 0 bridgehead atoms.